The lowest BCUT2D eigenvalue weighted by Crippen LogP contribution is -2.53. The Morgan fingerprint density at radius 2 is 1.34 bits per heavy atom. The number of aryl methyl sites for hydroxylation is 4. The van der Waals surface area contributed by atoms with Crippen LogP contribution < -0.4 is 10.6 Å². The lowest BCUT2D eigenvalue weighted by Gasteiger charge is -2.35. The standard InChI is InChI=1S/C34H43N3O4/c1-9-37(32(39)27(21-26-19-11-10-12-20-26)35-33(40)41-34(6,7)8)30(28-22(2)15-13-16-23(28)3)31(38)36-29-24(4)17-14-18-25(29)5/h10-20,27,30H,9,21H2,1-8H3,(H,35,40)(H,36,38). The number of nitrogens with zero attached hydrogens (tertiary/aromatic N) is 1. The van der Waals surface area contributed by atoms with Crippen molar-refractivity contribution in [3.8, 4) is 0 Å². The number of rotatable bonds is 9. The molecule has 3 aromatic rings. The summed E-state index contributed by atoms with van der Waals surface area (Å²) in [6, 6.07) is 19.3. The topological polar surface area (TPSA) is 87.7 Å². The van der Waals surface area contributed by atoms with Gasteiger partial charge in [0.1, 0.15) is 17.7 Å². The van der Waals surface area contributed by atoms with Crippen LogP contribution in [0.4, 0.5) is 10.5 Å². The fourth-order valence-electron chi connectivity index (χ4n) is 5.06. The van der Waals surface area contributed by atoms with Gasteiger partial charge in [0.05, 0.1) is 0 Å². The predicted molar refractivity (Wildman–Crippen MR) is 164 cm³/mol. The second kappa shape index (κ2) is 13.5. The van der Waals surface area contributed by atoms with Gasteiger partial charge in [-0.3, -0.25) is 9.59 Å². The zero-order chi connectivity index (χ0) is 30.3. The van der Waals surface area contributed by atoms with Gasteiger partial charge in [-0.15, -0.1) is 0 Å². The van der Waals surface area contributed by atoms with Gasteiger partial charge in [0.25, 0.3) is 5.91 Å². The van der Waals surface area contributed by atoms with Crippen LogP contribution in [0, 0.1) is 27.7 Å². The van der Waals surface area contributed by atoms with Crippen LogP contribution in [0.2, 0.25) is 0 Å². The Bertz CT molecular complexity index is 1340. The van der Waals surface area contributed by atoms with Crippen LogP contribution in [0.15, 0.2) is 66.7 Å². The number of nitrogens with one attached hydrogen (secondary N) is 2. The Balaban J connectivity index is 2.08. The summed E-state index contributed by atoms with van der Waals surface area (Å²) in [5, 5.41) is 5.91. The smallest absolute Gasteiger partial charge is 0.408 e. The van der Waals surface area contributed by atoms with Gasteiger partial charge in [0, 0.05) is 18.7 Å². The van der Waals surface area contributed by atoms with Crippen molar-refractivity contribution in [2.75, 3.05) is 11.9 Å². The van der Waals surface area contributed by atoms with Gasteiger partial charge in [0.2, 0.25) is 5.91 Å². The molecule has 3 amide bonds. The van der Waals surface area contributed by atoms with Crippen LogP contribution in [0.25, 0.3) is 0 Å². The van der Waals surface area contributed by atoms with Gasteiger partial charge in [0.15, 0.2) is 0 Å². The third kappa shape index (κ3) is 8.19. The number of hydrogen-bond acceptors (Lipinski definition) is 4. The van der Waals surface area contributed by atoms with Crippen molar-refractivity contribution in [2.45, 2.75) is 79.5 Å². The van der Waals surface area contributed by atoms with E-state index in [0.717, 1.165) is 39.1 Å². The molecule has 0 heterocycles. The molecule has 0 aliphatic rings. The highest BCUT2D eigenvalue weighted by Crippen LogP contribution is 2.31. The third-order valence-electron chi connectivity index (χ3n) is 7.00. The molecule has 0 aromatic heterocycles. The molecule has 218 valence electrons. The molecule has 2 unspecified atom stereocenters. The molecule has 41 heavy (non-hydrogen) atoms. The van der Waals surface area contributed by atoms with Crippen LogP contribution in [0.5, 0.6) is 0 Å². The molecule has 3 aromatic carbocycles. The van der Waals surface area contributed by atoms with E-state index >= 15 is 0 Å². The van der Waals surface area contributed by atoms with Gasteiger partial charge in [-0.05, 0) is 88.8 Å². The molecule has 0 radical (unpaired) electrons. The van der Waals surface area contributed by atoms with E-state index in [4.69, 9.17) is 4.74 Å². The molecular formula is C34H43N3O4. The van der Waals surface area contributed by atoms with E-state index in [1.807, 2.05) is 101 Å². The number of likely N-dealkylation sites (N-methyl/N-ethyl adjacent to an activating group) is 1. The van der Waals surface area contributed by atoms with Crippen molar-refractivity contribution >= 4 is 23.6 Å². The lowest BCUT2D eigenvalue weighted by molar-refractivity contribution is -0.140. The molecule has 7 heteroatoms. The molecule has 0 saturated carbocycles. The summed E-state index contributed by atoms with van der Waals surface area (Å²) in [5.41, 5.74) is 5.30. The first kappa shape index (κ1) is 31.4. The highest BCUT2D eigenvalue weighted by Gasteiger charge is 2.37. The van der Waals surface area contributed by atoms with Gasteiger partial charge >= 0.3 is 6.09 Å². The number of amides is 3. The van der Waals surface area contributed by atoms with Crippen molar-refractivity contribution in [3.05, 3.63) is 100 Å². The van der Waals surface area contributed by atoms with Crippen LogP contribution in [-0.2, 0) is 20.7 Å². The van der Waals surface area contributed by atoms with Crippen molar-refractivity contribution < 1.29 is 19.1 Å². The van der Waals surface area contributed by atoms with Crippen LogP contribution in [0.1, 0.15) is 67.1 Å². The molecule has 3 rings (SSSR count). The van der Waals surface area contributed by atoms with Crippen LogP contribution in [-0.4, -0.2) is 41.0 Å². The van der Waals surface area contributed by atoms with Crippen molar-refractivity contribution in [2.24, 2.45) is 0 Å². The Kier molecular flexibility index (Phi) is 10.3. The highest BCUT2D eigenvalue weighted by molar-refractivity contribution is 6.00. The second-order valence-corrected chi connectivity index (χ2v) is 11.5. The maximum Gasteiger partial charge on any atom is 0.408 e. The van der Waals surface area contributed by atoms with Crippen molar-refractivity contribution in [3.63, 3.8) is 0 Å². The number of carbonyl (C=O) groups excluding carboxylic acids is 3. The van der Waals surface area contributed by atoms with E-state index in [1.165, 1.54) is 0 Å². The Morgan fingerprint density at radius 3 is 1.85 bits per heavy atom. The molecule has 0 bridgehead atoms. The summed E-state index contributed by atoms with van der Waals surface area (Å²) >= 11 is 0. The van der Waals surface area contributed by atoms with Gasteiger partial charge < -0.3 is 20.3 Å². The fourth-order valence-corrected chi connectivity index (χ4v) is 5.06. The summed E-state index contributed by atoms with van der Waals surface area (Å²) < 4.78 is 5.51. The molecule has 0 aliphatic heterocycles. The van der Waals surface area contributed by atoms with Gasteiger partial charge in [-0.25, -0.2) is 4.79 Å². The minimum absolute atomic E-state index is 0.243. The highest BCUT2D eigenvalue weighted by atomic mass is 16.6. The molecular weight excluding hydrogens is 514 g/mol. The second-order valence-electron chi connectivity index (χ2n) is 11.5. The molecule has 0 spiro atoms. The van der Waals surface area contributed by atoms with Crippen LogP contribution in [0.3, 0.4) is 0 Å². The van der Waals surface area contributed by atoms with Crippen molar-refractivity contribution in [1.82, 2.24) is 10.2 Å². The predicted octanol–water partition coefficient (Wildman–Crippen LogP) is 6.58. The molecule has 0 fully saturated rings. The fraction of sp³-hybridized carbons (Fsp3) is 0.382. The molecule has 0 saturated heterocycles. The Morgan fingerprint density at radius 1 is 0.805 bits per heavy atom. The SMILES string of the molecule is CCN(C(=O)C(Cc1ccccc1)NC(=O)OC(C)(C)C)C(C(=O)Nc1c(C)cccc1C)c1c(C)cccc1C. The third-order valence-corrected chi connectivity index (χ3v) is 7.00. The maximum absolute atomic E-state index is 14.4. The quantitative estimate of drug-likeness (QED) is 0.311. The summed E-state index contributed by atoms with van der Waals surface area (Å²) in [7, 11) is 0. The van der Waals surface area contributed by atoms with E-state index < -0.39 is 23.8 Å². The molecule has 0 aliphatic carbocycles. The van der Waals surface area contributed by atoms with E-state index in [0.29, 0.717) is 0 Å². The van der Waals surface area contributed by atoms with E-state index in [-0.39, 0.29) is 24.8 Å². The molecule has 7 nitrogen and oxygen atoms in total. The first-order valence-corrected chi connectivity index (χ1v) is 14.1. The zero-order valence-electron chi connectivity index (χ0n) is 25.5. The first-order chi connectivity index (χ1) is 19.3. The minimum atomic E-state index is -0.952. The average Bonchev–Trinajstić information content (AvgIpc) is 2.89. The normalized spacial score (nSPS) is 12.7. The summed E-state index contributed by atoms with van der Waals surface area (Å²) in [6.45, 7) is 15.2. The lowest BCUT2D eigenvalue weighted by atomic mass is 9.93. The van der Waals surface area contributed by atoms with Gasteiger partial charge in [-0.1, -0.05) is 66.7 Å². The van der Waals surface area contributed by atoms with Crippen LogP contribution >= 0.6 is 0 Å². The number of alkyl carbamates (subject to hydrolysis) is 1. The molecule has 2 N–H and O–H groups in total. The number of anilines is 1. The summed E-state index contributed by atoms with van der Waals surface area (Å²) in [4.78, 5) is 43.0. The number of carbonyl (C=O) groups is 3. The van der Waals surface area contributed by atoms with E-state index in [2.05, 4.69) is 10.6 Å². The van der Waals surface area contributed by atoms with E-state index in [1.54, 1.807) is 25.7 Å². The number of benzene rings is 3. The number of hydrogen-bond donors (Lipinski definition) is 2. The summed E-state index contributed by atoms with van der Waals surface area (Å²) in [5.74, 6) is -0.683. The minimum Gasteiger partial charge on any atom is -0.444 e. The largest absolute Gasteiger partial charge is 0.444 e. The average molecular weight is 558 g/mol. The first-order valence-electron chi connectivity index (χ1n) is 14.1. The monoisotopic (exact) mass is 557 g/mol. The Hall–Kier alpha value is -4.13. The zero-order valence-corrected chi connectivity index (χ0v) is 25.5. The van der Waals surface area contributed by atoms with E-state index in [9.17, 15) is 14.4 Å². The van der Waals surface area contributed by atoms with Crippen molar-refractivity contribution in [1.29, 1.82) is 0 Å². The Labute approximate surface area is 244 Å². The maximum atomic E-state index is 14.4. The van der Waals surface area contributed by atoms with Gasteiger partial charge in [-0.2, -0.15) is 0 Å². The molecule has 2 atom stereocenters. The summed E-state index contributed by atoms with van der Waals surface area (Å²) in [6.07, 6.45) is -0.445. The number of para-hydroxylation sites is 1. The number of ether oxygens (including phenoxy) is 1.